The maximum absolute atomic E-state index is 11.7. The van der Waals surface area contributed by atoms with Crippen molar-refractivity contribution >= 4 is 5.91 Å². The average Bonchev–Trinajstić information content (AvgIpc) is 2.11. The minimum atomic E-state index is -0.0174. The van der Waals surface area contributed by atoms with Gasteiger partial charge >= 0.3 is 0 Å². The molecule has 0 unspecified atom stereocenters. The van der Waals surface area contributed by atoms with Crippen molar-refractivity contribution in [2.45, 2.75) is 13.8 Å². The largest absolute Gasteiger partial charge is 0.403 e. The number of piperazine rings is 1. The Morgan fingerprint density at radius 2 is 2.07 bits per heavy atom. The SMILES string of the molecule is CC(C)=CN1CCN(C)C(=O)/C1=C/N. The number of nitrogens with zero attached hydrogens (tertiary/aromatic N) is 2. The van der Waals surface area contributed by atoms with Crippen molar-refractivity contribution in [3.05, 3.63) is 23.7 Å². The Bertz CT molecular complexity index is 290. The Hall–Kier alpha value is -1.45. The molecule has 1 aliphatic heterocycles. The van der Waals surface area contributed by atoms with E-state index in [1.807, 2.05) is 24.9 Å². The molecule has 0 atom stereocenters. The number of amides is 1. The molecule has 0 aliphatic carbocycles. The maximum atomic E-state index is 11.7. The van der Waals surface area contributed by atoms with Crippen LogP contribution in [0.1, 0.15) is 13.8 Å². The third-order valence-electron chi connectivity index (χ3n) is 2.12. The summed E-state index contributed by atoms with van der Waals surface area (Å²) in [6.07, 6.45) is 3.32. The molecule has 0 spiro atoms. The number of hydrogen-bond donors (Lipinski definition) is 1. The third kappa shape index (κ3) is 2.07. The summed E-state index contributed by atoms with van der Waals surface area (Å²) in [6, 6.07) is 0. The van der Waals surface area contributed by atoms with Gasteiger partial charge < -0.3 is 15.5 Å². The second-order valence-electron chi connectivity index (χ2n) is 3.68. The molecule has 1 fully saturated rings. The van der Waals surface area contributed by atoms with Gasteiger partial charge in [-0.15, -0.1) is 0 Å². The monoisotopic (exact) mass is 195 g/mol. The molecular formula is C10H17N3O. The van der Waals surface area contributed by atoms with Gasteiger partial charge in [0.25, 0.3) is 5.91 Å². The van der Waals surface area contributed by atoms with Gasteiger partial charge in [0.05, 0.1) is 0 Å². The van der Waals surface area contributed by atoms with Crippen LogP contribution in [-0.4, -0.2) is 35.8 Å². The molecule has 4 nitrogen and oxygen atoms in total. The fraction of sp³-hybridized carbons (Fsp3) is 0.500. The van der Waals surface area contributed by atoms with Crippen LogP contribution in [0.2, 0.25) is 0 Å². The lowest BCUT2D eigenvalue weighted by molar-refractivity contribution is -0.129. The highest BCUT2D eigenvalue weighted by Gasteiger charge is 2.24. The van der Waals surface area contributed by atoms with Gasteiger partial charge in [-0.2, -0.15) is 0 Å². The second kappa shape index (κ2) is 4.17. The van der Waals surface area contributed by atoms with E-state index in [-0.39, 0.29) is 5.91 Å². The molecule has 0 aromatic carbocycles. The predicted octanol–water partition coefficient (Wildman–Crippen LogP) is 0.484. The first kappa shape index (κ1) is 10.6. The molecule has 1 rings (SSSR count). The molecule has 1 saturated heterocycles. The van der Waals surface area contributed by atoms with Crippen molar-refractivity contribution in [2.75, 3.05) is 20.1 Å². The maximum Gasteiger partial charge on any atom is 0.271 e. The Morgan fingerprint density at radius 3 is 2.57 bits per heavy atom. The van der Waals surface area contributed by atoms with Crippen molar-refractivity contribution in [1.29, 1.82) is 0 Å². The average molecular weight is 195 g/mol. The van der Waals surface area contributed by atoms with Gasteiger partial charge in [-0.25, -0.2) is 0 Å². The van der Waals surface area contributed by atoms with Crippen LogP contribution in [0.3, 0.4) is 0 Å². The predicted molar refractivity (Wildman–Crippen MR) is 56.0 cm³/mol. The Balaban J connectivity index is 2.89. The van der Waals surface area contributed by atoms with Gasteiger partial charge in [-0.1, -0.05) is 5.57 Å². The van der Waals surface area contributed by atoms with Crippen LogP contribution in [0.4, 0.5) is 0 Å². The first-order valence-electron chi connectivity index (χ1n) is 4.65. The van der Waals surface area contributed by atoms with Crippen molar-refractivity contribution in [2.24, 2.45) is 5.73 Å². The number of carbonyl (C=O) groups excluding carboxylic acids is 1. The summed E-state index contributed by atoms with van der Waals surface area (Å²) < 4.78 is 0. The van der Waals surface area contributed by atoms with E-state index in [4.69, 9.17) is 5.73 Å². The first-order valence-corrected chi connectivity index (χ1v) is 4.65. The summed E-state index contributed by atoms with van der Waals surface area (Å²) in [5, 5.41) is 0. The van der Waals surface area contributed by atoms with Gasteiger partial charge in [-0.3, -0.25) is 4.79 Å². The molecule has 0 saturated carbocycles. The van der Waals surface area contributed by atoms with Gasteiger partial charge in [0, 0.05) is 32.5 Å². The van der Waals surface area contributed by atoms with E-state index in [1.54, 1.807) is 11.9 Å². The van der Waals surface area contributed by atoms with Crippen molar-refractivity contribution in [1.82, 2.24) is 9.80 Å². The van der Waals surface area contributed by atoms with Crippen LogP contribution < -0.4 is 5.73 Å². The van der Waals surface area contributed by atoms with E-state index >= 15 is 0 Å². The highest BCUT2D eigenvalue weighted by atomic mass is 16.2. The lowest BCUT2D eigenvalue weighted by Gasteiger charge is -2.33. The molecule has 0 bridgehead atoms. The van der Waals surface area contributed by atoms with Crippen molar-refractivity contribution in [3.8, 4) is 0 Å². The summed E-state index contributed by atoms with van der Waals surface area (Å²) in [7, 11) is 1.78. The second-order valence-corrected chi connectivity index (χ2v) is 3.68. The van der Waals surface area contributed by atoms with Gasteiger partial charge in [0.1, 0.15) is 5.70 Å². The number of hydrogen-bond acceptors (Lipinski definition) is 3. The minimum Gasteiger partial charge on any atom is -0.403 e. The number of carbonyl (C=O) groups is 1. The standard InChI is InChI=1S/C10H17N3O/c1-8(2)7-13-5-4-12(3)10(14)9(13)6-11/h6-7H,4-5,11H2,1-3H3/b9-6-. The molecule has 1 heterocycles. The summed E-state index contributed by atoms with van der Waals surface area (Å²) >= 11 is 0. The number of likely N-dealkylation sites (N-methyl/N-ethyl adjacent to an activating group) is 1. The molecule has 0 aromatic heterocycles. The van der Waals surface area contributed by atoms with E-state index in [2.05, 4.69) is 0 Å². The zero-order chi connectivity index (χ0) is 10.7. The molecular weight excluding hydrogens is 178 g/mol. The van der Waals surface area contributed by atoms with Crippen LogP contribution in [0.5, 0.6) is 0 Å². The Kier molecular flexibility index (Phi) is 3.17. The molecule has 4 heteroatoms. The molecule has 1 amide bonds. The van der Waals surface area contributed by atoms with E-state index < -0.39 is 0 Å². The summed E-state index contributed by atoms with van der Waals surface area (Å²) in [5.41, 5.74) is 7.15. The number of allylic oxidation sites excluding steroid dienone is 1. The van der Waals surface area contributed by atoms with Crippen LogP contribution in [0, 0.1) is 0 Å². The minimum absolute atomic E-state index is 0.0174. The normalized spacial score (nSPS) is 20.2. The quantitative estimate of drug-likeness (QED) is 0.619. The van der Waals surface area contributed by atoms with Crippen LogP contribution >= 0.6 is 0 Å². The Morgan fingerprint density at radius 1 is 1.43 bits per heavy atom. The van der Waals surface area contributed by atoms with Crippen molar-refractivity contribution < 1.29 is 4.79 Å². The molecule has 0 radical (unpaired) electrons. The van der Waals surface area contributed by atoms with Gasteiger partial charge in [0.2, 0.25) is 0 Å². The lowest BCUT2D eigenvalue weighted by atomic mass is 10.2. The fourth-order valence-corrected chi connectivity index (χ4v) is 1.41. The molecule has 0 aromatic rings. The highest BCUT2D eigenvalue weighted by Crippen LogP contribution is 2.14. The van der Waals surface area contributed by atoms with E-state index in [1.165, 1.54) is 6.20 Å². The van der Waals surface area contributed by atoms with Crippen LogP contribution in [0.25, 0.3) is 0 Å². The van der Waals surface area contributed by atoms with E-state index in [0.29, 0.717) is 5.70 Å². The molecule has 2 N–H and O–H groups in total. The molecule has 78 valence electrons. The third-order valence-corrected chi connectivity index (χ3v) is 2.12. The van der Waals surface area contributed by atoms with Crippen LogP contribution in [-0.2, 0) is 4.79 Å². The Labute approximate surface area is 84.7 Å². The number of nitrogens with two attached hydrogens (primary N) is 1. The smallest absolute Gasteiger partial charge is 0.271 e. The fourth-order valence-electron chi connectivity index (χ4n) is 1.41. The summed E-state index contributed by atoms with van der Waals surface area (Å²) in [4.78, 5) is 15.2. The van der Waals surface area contributed by atoms with Crippen molar-refractivity contribution in [3.63, 3.8) is 0 Å². The lowest BCUT2D eigenvalue weighted by Crippen LogP contribution is -2.45. The van der Waals surface area contributed by atoms with Gasteiger partial charge in [0.15, 0.2) is 0 Å². The summed E-state index contributed by atoms with van der Waals surface area (Å²) in [6.45, 7) is 5.53. The topological polar surface area (TPSA) is 49.6 Å². The number of rotatable bonds is 1. The zero-order valence-corrected chi connectivity index (χ0v) is 8.95. The summed E-state index contributed by atoms with van der Waals surface area (Å²) in [5.74, 6) is -0.0174. The highest BCUT2D eigenvalue weighted by molar-refractivity contribution is 5.93. The van der Waals surface area contributed by atoms with E-state index in [9.17, 15) is 4.79 Å². The molecule has 1 aliphatic rings. The van der Waals surface area contributed by atoms with E-state index in [0.717, 1.165) is 18.7 Å². The first-order chi connectivity index (χ1) is 6.56. The van der Waals surface area contributed by atoms with Crippen LogP contribution in [0.15, 0.2) is 23.7 Å². The van der Waals surface area contributed by atoms with Gasteiger partial charge in [-0.05, 0) is 13.8 Å². The zero-order valence-electron chi connectivity index (χ0n) is 8.95. The molecule has 14 heavy (non-hydrogen) atoms.